The topological polar surface area (TPSA) is 64.4 Å². The van der Waals surface area contributed by atoms with Gasteiger partial charge in [-0.15, -0.1) is 0 Å². The van der Waals surface area contributed by atoms with E-state index < -0.39 is 10.0 Å². The lowest BCUT2D eigenvalue weighted by Crippen LogP contribution is -2.49. The van der Waals surface area contributed by atoms with Gasteiger partial charge in [0.1, 0.15) is 6.04 Å². The van der Waals surface area contributed by atoms with Crippen molar-refractivity contribution in [3.05, 3.63) is 71.3 Å². The number of hydrogen-bond acceptors (Lipinski definition) is 4. The van der Waals surface area contributed by atoms with Crippen LogP contribution in [0.1, 0.15) is 22.7 Å². The molecule has 1 aliphatic heterocycles. The van der Waals surface area contributed by atoms with E-state index in [0.717, 1.165) is 16.7 Å². The molecule has 1 fully saturated rings. The maximum absolute atomic E-state index is 12.7. The molecule has 1 aliphatic rings. The molecule has 0 radical (unpaired) electrons. The van der Waals surface area contributed by atoms with Crippen molar-refractivity contribution in [2.24, 2.45) is 0 Å². The summed E-state index contributed by atoms with van der Waals surface area (Å²) >= 11 is 0. The Morgan fingerprint density at radius 1 is 1.00 bits per heavy atom. The summed E-state index contributed by atoms with van der Waals surface area (Å²) < 4.78 is 26.9. The first kappa shape index (κ1) is 18.6. The van der Waals surface area contributed by atoms with Gasteiger partial charge in [0.15, 0.2) is 0 Å². The van der Waals surface area contributed by atoms with E-state index in [1.165, 1.54) is 0 Å². The van der Waals surface area contributed by atoms with Crippen molar-refractivity contribution >= 4 is 10.0 Å². The summed E-state index contributed by atoms with van der Waals surface area (Å²) in [5.41, 5.74) is 2.87. The van der Waals surface area contributed by atoms with Crippen molar-refractivity contribution in [1.82, 2.24) is 9.21 Å². The fourth-order valence-corrected chi connectivity index (χ4v) is 4.87. The van der Waals surface area contributed by atoms with E-state index in [2.05, 4.69) is 11.0 Å². The Kier molecular flexibility index (Phi) is 5.72. The molecule has 0 spiro atoms. The molecule has 0 N–H and O–H groups in total. The molecule has 1 atom stereocenters. The van der Waals surface area contributed by atoms with Crippen molar-refractivity contribution in [1.29, 1.82) is 5.26 Å². The third kappa shape index (κ3) is 4.13. The van der Waals surface area contributed by atoms with Crippen LogP contribution >= 0.6 is 0 Å². The Labute approximate surface area is 155 Å². The monoisotopic (exact) mass is 369 g/mol. The molecule has 0 amide bonds. The van der Waals surface area contributed by atoms with Crippen LogP contribution in [0.5, 0.6) is 0 Å². The number of aryl methyl sites for hydroxylation is 1. The highest BCUT2D eigenvalue weighted by atomic mass is 32.2. The summed E-state index contributed by atoms with van der Waals surface area (Å²) in [7, 11) is -3.34. The van der Waals surface area contributed by atoms with Crippen LogP contribution in [-0.2, 0) is 15.8 Å². The van der Waals surface area contributed by atoms with Gasteiger partial charge in [-0.05, 0) is 23.6 Å². The quantitative estimate of drug-likeness (QED) is 0.813. The van der Waals surface area contributed by atoms with Crippen molar-refractivity contribution in [2.75, 3.05) is 26.2 Å². The standard InChI is InChI=1S/C20H23N3O2S/c1-17-7-5-6-10-19(17)20(15-21)22-11-13-23(14-12-22)26(24,25)16-18-8-3-2-4-9-18/h2-10,20H,11-14,16H2,1H3. The third-order valence-corrected chi connectivity index (χ3v) is 6.68. The molecule has 136 valence electrons. The molecule has 6 heteroatoms. The first-order valence-corrected chi connectivity index (χ1v) is 10.3. The summed E-state index contributed by atoms with van der Waals surface area (Å²) in [5, 5.41) is 9.65. The Hall–Kier alpha value is -2.20. The highest BCUT2D eigenvalue weighted by Gasteiger charge is 2.31. The molecule has 3 rings (SSSR count). The van der Waals surface area contributed by atoms with Crippen molar-refractivity contribution in [3.63, 3.8) is 0 Å². The van der Waals surface area contributed by atoms with Gasteiger partial charge in [0.2, 0.25) is 10.0 Å². The lowest BCUT2D eigenvalue weighted by molar-refractivity contribution is 0.162. The van der Waals surface area contributed by atoms with Gasteiger partial charge in [0.25, 0.3) is 0 Å². The van der Waals surface area contributed by atoms with Gasteiger partial charge < -0.3 is 0 Å². The fraction of sp³-hybridized carbons (Fsp3) is 0.350. The van der Waals surface area contributed by atoms with Gasteiger partial charge in [-0.1, -0.05) is 54.6 Å². The summed E-state index contributed by atoms with van der Waals surface area (Å²) in [4.78, 5) is 2.07. The van der Waals surface area contributed by atoms with Crippen LogP contribution in [-0.4, -0.2) is 43.8 Å². The van der Waals surface area contributed by atoms with E-state index in [-0.39, 0.29) is 11.8 Å². The zero-order valence-electron chi connectivity index (χ0n) is 14.9. The number of nitriles is 1. The number of piperazine rings is 1. The van der Waals surface area contributed by atoms with E-state index in [4.69, 9.17) is 0 Å². The molecule has 2 aromatic rings. The van der Waals surface area contributed by atoms with Gasteiger partial charge in [-0.25, -0.2) is 8.42 Å². The molecule has 0 aromatic heterocycles. The average Bonchev–Trinajstić information content (AvgIpc) is 2.65. The van der Waals surface area contributed by atoms with Crippen LogP contribution in [0.2, 0.25) is 0 Å². The molecule has 1 saturated heterocycles. The van der Waals surface area contributed by atoms with Crippen molar-refractivity contribution in [3.8, 4) is 6.07 Å². The Bertz CT molecular complexity index is 883. The second-order valence-electron chi connectivity index (χ2n) is 6.57. The number of sulfonamides is 1. The van der Waals surface area contributed by atoms with Gasteiger partial charge >= 0.3 is 0 Å². The molecule has 1 unspecified atom stereocenters. The highest BCUT2D eigenvalue weighted by molar-refractivity contribution is 7.88. The normalized spacial score (nSPS) is 17.5. The average molecular weight is 369 g/mol. The van der Waals surface area contributed by atoms with Gasteiger partial charge in [0, 0.05) is 26.2 Å². The molecule has 0 aliphatic carbocycles. The van der Waals surface area contributed by atoms with Crippen LogP contribution in [0.3, 0.4) is 0 Å². The molecule has 0 saturated carbocycles. The second kappa shape index (κ2) is 8.00. The van der Waals surface area contributed by atoms with Crippen LogP contribution in [0.25, 0.3) is 0 Å². The lowest BCUT2D eigenvalue weighted by atomic mass is 10.0. The fourth-order valence-electron chi connectivity index (χ4n) is 3.36. The zero-order valence-corrected chi connectivity index (χ0v) is 15.7. The number of hydrogen-bond donors (Lipinski definition) is 0. The first-order valence-electron chi connectivity index (χ1n) is 8.72. The smallest absolute Gasteiger partial charge is 0.218 e. The summed E-state index contributed by atoms with van der Waals surface area (Å²) in [6, 6.07) is 19.2. The minimum absolute atomic E-state index is 0.0211. The van der Waals surface area contributed by atoms with Crippen LogP contribution in [0.15, 0.2) is 54.6 Å². The van der Waals surface area contributed by atoms with E-state index in [1.807, 2.05) is 61.5 Å². The van der Waals surface area contributed by atoms with E-state index >= 15 is 0 Å². The minimum Gasteiger partial charge on any atom is -0.282 e. The molecular formula is C20H23N3O2S. The van der Waals surface area contributed by atoms with Crippen LogP contribution < -0.4 is 0 Å². The first-order chi connectivity index (χ1) is 12.5. The summed E-state index contributed by atoms with van der Waals surface area (Å²) in [6.07, 6.45) is 0. The van der Waals surface area contributed by atoms with Gasteiger partial charge in [0.05, 0.1) is 11.8 Å². The molecule has 26 heavy (non-hydrogen) atoms. The maximum atomic E-state index is 12.7. The van der Waals surface area contributed by atoms with Crippen LogP contribution in [0, 0.1) is 18.3 Å². The van der Waals surface area contributed by atoms with E-state index in [9.17, 15) is 13.7 Å². The number of rotatable bonds is 5. The lowest BCUT2D eigenvalue weighted by Gasteiger charge is -2.36. The number of nitrogens with zero attached hydrogens (tertiary/aromatic N) is 3. The Balaban J connectivity index is 1.67. The predicted octanol–water partition coefficient (Wildman–Crippen LogP) is 2.71. The van der Waals surface area contributed by atoms with E-state index in [1.54, 1.807) is 4.31 Å². The molecule has 1 heterocycles. The molecular weight excluding hydrogens is 346 g/mol. The van der Waals surface area contributed by atoms with Crippen molar-refractivity contribution in [2.45, 2.75) is 18.7 Å². The Morgan fingerprint density at radius 2 is 1.62 bits per heavy atom. The van der Waals surface area contributed by atoms with E-state index in [0.29, 0.717) is 26.2 Å². The zero-order chi connectivity index (χ0) is 18.6. The largest absolute Gasteiger partial charge is 0.282 e. The van der Waals surface area contributed by atoms with Crippen LogP contribution in [0.4, 0.5) is 0 Å². The third-order valence-electron chi connectivity index (χ3n) is 4.83. The maximum Gasteiger partial charge on any atom is 0.218 e. The summed E-state index contributed by atoms with van der Waals surface area (Å²) in [5.74, 6) is 0.0211. The summed E-state index contributed by atoms with van der Waals surface area (Å²) in [6.45, 7) is 3.94. The van der Waals surface area contributed by atoms with Gasteiger partial charge in [-0.2, -0.15) is 9.57 Å². The molecule has 5 nitrogen and oxygen atoms in total. The highest BCUT2D eigenvalue weighted by Crippen LogP contribution is 2.25. The van der Waals surface area contributed by atoms with Crippen molar-refractivity contribution < 1.29 is 8.42 Å². The molecule has 0 bridgehead atoms. The Morgan fingerprint density at radius 3 is 2.23 bits per heavy atom. The predicted molar refractivity (Wildman–Crippen MR) is 102 cm³/mol. The van der Waals surface area contributed by atoms with Gasteiger partial charge in [-0.3, -0.25) is 4.90 Å². The minimum atomic E-state index is -3.34. The second-order valence-corrected chi connectivity index (χ2v) is 8.53. The number of benzene rings is 2. The molecule has 2 aromatic carbocycles. The SMILES string of the molecule is Cc1ccccc1C(C#N)N1CCN(S(=O)(=O)Cc2ccccc2)CC1.